The first-order valence-electron chi connectivity index (χ1n) is 9.77. The van der Waals surface area contributed by atoms with E-state index >= 15 is 0 Å². The van der Waals surface area contributed by atoms with Crippen LogP contribution >= 0.6 is 0 Å². The van der Waals surface area contributed by atoms with Gasteiger partial charge < -0.3 is 29.7 Å². The fraction of sp³-hybridized carbons (Fsp3) is 0.364. The number of likely N-dealkylation sites (tertiary alicyclic amines) is 1. The highest BCUT2D eigenvalue weighted by molar-refractivity contribution is 5.94. The second-order valence-corrected chi connectivity index (χ2v) is 6.95. The topological polar surface area (TPSA) is 89.1 Å². The molecule has 1 aliphatic rings. The lowest BCUT2D eigenvalue weighted by atomic mass is 9.96. The summed E-state index contributed by atoms with van der Waals surface area (Å²) in [4.78, 5) is 26.9. The third-order valence-corrected chi connectivity index (χ3v) is 5.15. The quantitative estimate of drug-likeness (QED) is 0.755. The molecule has 1 saturated heterocycles. The molecule has 2 N–H and O–H groups in total. The van der Waals surface area contributed by atoms with E-state index in [1.807, 2.05) is 18.2 Å². The summed E-state index contributed by atoms with van der Waals surface area (Å²) in [5.74, 6) is 1.55. The molecule has 160 valence electrons. The van der Waals surface area contributed by atoms with Crippen molar-refractivity contribution in [3.8, 4) is 17.2 Å². The largest absolute Gasteiger partial charge is 0.495 e. The minimum Gasteiger partial charge on any atom is -0.495 e. The van der Waals surface area contributed by atoms with E-state index in [0.29, 0.717) is 54.6 Å². The number of piperidine rings is 1. The summed E-state index contributed by atoms with van der Waals surface area (Å²) < 4.78 is 15.8. The van der Waals surface area contributed by atoms with Gasteiger partial charge in [-0.05, 0) is 37.1 Å². The molecule has 0 saturated carbocycles. The van der Waals surface area contributed by atoms with Crippen molar-refractivity contribution in [2.75, 3.05) is 45.1 Å². The number of para-hydroxylation sites is 2. The molecule has 2 aromatic carbocycles. The summed E-state index contributed by atoms with van der Waals surface area (Å²) >= 11 is 0. The monoisotopic (exact) mass is 413 g/mol. The van der Waals surface area contributed by atoms with Gasteiger partial charge in [-0.2, -0.15) is 0 Å². The lowest BCUT2D eigenvalue weighted by Crippen LogP contribution is -2.43. The third-order valence-electron chi connectivity index (χ3n) is 5.15. The Kier molecular flexibility index (Phi) is 7.00. The number of nitrogens with zero attached hydrogens (tertiary/aromatic N) is 1. The Bertz CT molecular complexity index is 894. The SMILES string of the molecule is COc1ccccc1NC(=O)C1CCN(C(=O)Nc2ccc(OC)c(OC)c2)CC1. The van der Waals surface area contributed by atoms with E-state index in [1.165, 1.54) is 0 Å². The Labute approximate surface area is 176 Å². The summed E-state index contributed by atoms with van der Waals surface area (Å²) in [6.45, 7) is 1.01. The van der Waals surface area contributed by atoms with Crippen molar-refractivity contribution in [3.05, 3.63) is 42.5 Å². The zero-order valence-corrected chi connectivity index (χ0v) is 17.4. The van der Waals surface area contributed by atoms with Crippen LogP contribution in [0.15, 0.2) is 42.5 Å². The molecule has 0 aromatic heterocycles. The lowest BCUT2D eigenvalue weighted by molar-refractivity contribution is -0.121. The van der Waals surface area contributed by atoms with Crippen LogP contribution in [0.25, 0.3) is 0 Å². The molecule has 8 nitrogen and oxygen atoms in total. The number of anilines is 2. The number of ether oxygens (including phenoxy) is 3. The van der Waals surface area contributed by atoms with Gasteiger partial charge in [-0.25, -0.2) is 4.79 Å². The van der Waals surface area contributed by atoms with Crippen molar-refractivity contribution in [1.29, 1.82) is 0 Å². The van der Waals surface area contributed by atoms with E-state index in [0.717, 1.165) is 0 Å². The van der Waals surface area contributed by atoms with Crippen LogP contribution in [-0.4, -0.2) is 51.3 Å². The maximum Gasteiger partial charge on any atom is 0.321 e. The third kappa shape index (κ3) is 4.94. The van der Waals surface area contributed by atoms with Gasteiger partial charge in [0.25, 0.3) is 0 Å². The van der Waals surface area contributed by atoms with Crippen LogP contribution in [0.1, 0.15) is 12.8 Å². The summed E-state index contributed by atoms with van der Waals surface area (Å²) in [7, 11) is 4.68. The fourth-order valence-corrected chi connectivity index (χ4v) is 3.44. The molecular weight excluding hydrogens is 386 g/mol. The molecule has 3 rings (SSSR count). The van der Waals surface area contributed by atoms with Crippen molar-refractivity contribution in [1.82, 2.24) is 4.90 Å². The van der Waals surface area contributed by atoms with Crippen LogP contribution in [0.5, 0.6) is 17.2 Å². The maximum atomic E-state index is 12.6. The van der Waals surface area contributed by atoms with E-state index in [4.69, 9.17) is 14.2 Å². The number of methoxy groups -OCH3 is 3. The number of amides is 3. The van der Waals surface area contributed by atoms with Gasteiger partial charge in [0, 0.05) is 30.8 Å². The molecule has 8 heteroatoms. The number of benzene rings is 2. The van der Waals surface area contributed by atoms with Crippen LogP contribution in [0.4, 0.5) is 16.2 Å². The minimum absolute atomic E-state index is 0.0561. The molecule has 0 spiro atoms. The van der Waals surface area contributed by atoms with Gasteiger partial charge in [-0.15, -0.1) is 0 Å². The average Bonchev–Trinajstić information content (AvgIpc) is 2.79. The smallest absolute Gasteiger partial charge is 0.321 e. The zero-order valence-electron chi connectivity index (χ0n) is 17.4. The Balaban J connectivity index is 1.53. The summed E-state index contributed by atoms with van der Waals surface area (Å²) in [5, 5.41) is 5.80. The Morgan fingerprint density at radius 2 is 1.53 bits per heavy atom. The minimum atomic E-state index is -0.203. The molecule has 0 radical (unpaired) electrons. The van der Waals surface area contributed by atoms with E-state index in [2.05, 4.69) is 10.6 Å². The first-order chi connectivity index (χ1) is 14.5. The average molecular weight is 413 g/mol. The highest BCUT2D eigenvalue weighted by atomic mass is 16.5. The molecule has 2 aromatic rings. The van der Waals surface area contributed by atoms with Gasteiger partial charge in [0.15, 0.2) is 11.5 Å². The number of nitrogens with one attached hydrogen (secondary N) is 2. The van der Waals surface area contributed by atoms with E-state index in [1.54, 1.807) is 50.5 Å². The van der Waals surface area contributed by atoms with Crippen LogP contribution in [-0.2, 0) is 4.79 Å². The number of carbonyl (C=O) groups is 2. The summed E-state index contributed by atoms with van der Waals surface area (Å²) in [6.07, 6.45) is 1.20. The molecule has 1 heterocycles. The van der Waals surface area contributed by atoms with E-state index < -0.39 is 0 Å². The number of hydrogen-bond donors (Lipinski definition) is 2. The van der Waals surface area contributed by atoms with Gasteiger partial charge in [0.1, 0.15) is 5.75 Å². The van der Waals surface area contributed by atoms with Crippen molar-refractivity contribution in [2.45, 2.75) is 12.8 Å². The van der Waals surface area contributed by atoms with Gasteiger partial charge >= 0.3 is 6.03 Å². The van der Waals surface area contributed by atoms with E-state index in [-0.39, 0.29) is 17.9 Å². The highest BCUT2D eigenvalue weighted by Crippen LogP contribution is 2.30. The first kappa shape index (κ1) is 21.3. The van der Waals surface area contributed by atoms with Crippen LogP contribution in [0, 0.1) is 5.92 Å². The maximum absolute atomic E-state index is 12.6. The number of carbonyl (C=O) groups excluding carboxylic acids is 2. The predicted molar refractivity (Wildman–Crippen MR) is 114 cm³/mol. The van der Waals surface area contributed by atoms with Crippen molar-refractivity contribution in [2.24, 2.45) is 5.92 Å². The second-order valence-electron chi connectivity index (χ2n) is 6.95. The molecule has 1 fully saturated rings. The number of urea groups is 1. The normalized spacial score (nSPS) is 14.0. The van der Waals surface area contributed by atoms with Crippen LogP contribution in [0.3, 0.4) is 0 Å². The molecule has 1 aliphatic heterocycles. The molecular formula is C22H27N3O5. The van der Waals surface area contributed by atoms with Crippen LogP contribution in [0.2, 0.25) is 0 Å². The van der Waals surface area contributed by atoms with Crippen molar-refractivity contribution < 1.29 is 23.8 Å². The lowest BCUT2D eigenvalue weighted by Gasteiger charge is -2.31. The fourth-order valence-electron chi connectivity index (χ4n) is 3.44. The summed E-state index contributed by atoms with van der Waals surface area (Å²) in [6, 6.07) is 12.3. The van der Waals surface area contributed by atoms with Crippen LogP contribution < -0.4 is 24.8 Å². The van der Waals surface area contributed by atoms with Gasteiger partial charge in [0.2, 0.25) is 5.91 Å². The molecule has 3 amide bonds. The zero-order chi connectivity index (χ0) is 21.5. The predicted octanol–water partition coefficient (Wildman–Crippen LogP) is 3.60. The molecule has 30 heavy (non-hydrogen) atoms. The second kappa shape index (κ2) is 9.87. The number of rotatable bonds is 6. The number of hydrogen-bond acceptors (Lipinski definition) is 5. The Morgan fingerprint density at radius 3 is 2.20 bits per heavy atom. The first-order valence-corrected chi connectivity index (χ1v) is 9.77. The van der Waals surface area contributed by atoms with Crippen molar-refractivity contribution >= 4 is 23.3 Å². The molecule has 0 bridgehead atoms. The van der Waals surface area contributed by atoms with Gasteiger partial charge in [0.05, 0.1) is 27.0 Å². The Morgan fingerprint density at radius 1 is 0.867 bits per heavy atom. The highest BCUT2D eigenvalue weighted by Gasteiger charge is 2.28. The van der Waals surface area contributed by atoms with Gasteiger partial charge in [-0.3, -0.25) is 4.79 Å². The Hall–Kier alpha value is -3.42. The van der Waals surface area contributed by atoms with Gasteiger partial charge in [-0.1, -0.05) is 12.1 Å². The van der Waals surface area contributed by atoms with Crippen molar-refractivity contribution in [3.63, 3.8) is 0 Å². The summed E-state index contributed by atoms with van der Waals surface area (Å²) in [5.41, 5.74) is 1.27. The molecule has 0 atom stereocenters. The standard InChI is InChI=1S/C22H27N3O5/c1-28-18-7-5-4-6-17(18)24-21(26)15-10-12-25(13-11-15)22(27)23-16-8-9-19(29-2)20(14-16)30-3/h4-9,14-15H,10-13H2,1-3H3,(H,23,27)(H,24,26). The van der Waals surface area contributed by atoms with E-state index in [9.17, 15) is 9.59 Å². The molecule has 0 unspecified atom stereocenters. The molecule has 0 aliphatic carbocycles.